The summed E-state index contributed by atoms with van der Waals surface area (Å²) < 4.78 is 5.13. The third-order valence-corrected chi connectivity index (χ3v) is 2.67. The molecule has 0 bridgehead atoms. The Bertz CT molecular complexity index is 316. The Morgan fingerprint density at radius 3 is 2.38 bits per heavy atom. The first-order valence-electron chi connectivity index (χ1n) is 5.69. The van der Waals surface area contributed by atoms with Gasteiger partial charge >= 0.3 is 0 Å². The van der Waals surface area contributed by atoms with Crippen LogP contribution in [-0.2, 0) is 0 Å². The highest BCUT2D eigenvalue weighted by molar-refractivity contribution is 5.47. The van der Waals surface area contributed by atoms with Crippen LogP contribution in [0.3, 0.4) is 0 Å². The number of methoxy groups -OCH3 is 1. The second-order valence-corrected chi connectivity index (χ2v) is 4.25. The summed E-state index contributed by atoms with van der Waals surface area (Å²) in [4.78, 5) is 0. The standard InChI is InChI=1S/C14H21NO/c1-5-6-14(11(2)3)15-12-7-9-13(16-4)10-8-12/h5,7-11,14-15H,1,6H2,2-4H3. The quantitative estimate of drug-likeness (QED) is 0.736. The fourth-order valence-electron chi connectivity index (χ4n) is 1.58. The minimum absolute atomic E-state index is 0.436. The van der Waals surface area contributed by atoms with Crippen LogP contribution in [0.15, 0.2) is 36.9 Å². The smallest absolute Gasteiger partial charge is 0.119 e. The Morgan fingerprint density at radius 2 is 1.94 bits per heavy atom. The molecule has 1 aromatic rings. The molecule has 0 amide bonds. The predicted molar refractivity (Wildman–Crippen MR) is 70.1 cm³/mol. The van der Waals surface area contributed by atoms with Crippen LogP contribution in [0.25, 0.3) is 0 Å². The Labute approximate surface area is 98.3 Å². The molecule has 0 aromatic heterocycles. The van der Waals surface area contributed by atoms with Gasteiger partial charge in [0.1, 0.15) is 5.75 Å². The second-order valence-electron chi connectivity index (χ2n) is 4.25. The highest BCUT2D eigenvalue weighted by atomic mass is 16.5. The maximum absolute atomic E-state index is 5.13. The van der Waals surface area contributed by atoms with Crippen molar-refractivity contribution < 1.29 is 4.74 Å². The molecule has 16 heavy (non-hydrogen) atoms. The van der Waals surface area contributed by atoms with Gasteiger partial charge < -0.3 is 10.1 Å². The minimum Gasteiger partial charge on any atom is -0.497 e. The second kappa shape index (κ2) is 6.21. The van der Waals surface area contributed by atoms with E-state index >= 15 is 0 Å². The van der Waals surface area contributed by atoms with Crippen LogP contribution >= 0.6 is 0 Å². The van der Waals surface area contributed by atoms with Gasteiger partial charge in [0.15, 0.2) is 0 Å². The van der Waals surface area contributed by atoms with Gasteiger partial charge in [-0.25, -0.2) is 0 Å². The normalized spacial score (nSPS) is 12.2. The van der Waals surface area contributed by atoms with Gasteiger partial charge in [0.05, 0.1) is 7.11 Å². The average molecular weight is 219 g/mol. The van der Waals surface area contributed by atoms with E-state index in [2.05, 4.69) is 25.7 Å². The number of nitrogens with one attached hydrogen (secondary N) is 1. The summed E-state index contributed by atoms with van der Waals surface area (Å²) in [5.74, 6) is 1.47. The highest BCUT2D eigenvalue weighted by Crippen LogP contribution is 2.19. The van der Waals surface area contributed by atoms with E-state index in [1.54, 1.807) is 7.11 Å². The van der Waals surface area contributed by atoms with Crippen molar-refractivity contribution in [2.45, 2.75) is 26.3 Å². The summed E-state index contributed by atoms with van der Waals surface area (Å²) in [6.07, 6.45) is 2.94. The Hall–Kier alpha value is -1.44. The van der Waals surface area contributed by atoms with Gasteiger partial charge in [-0.15, -0.1) is 6.58 Å². The minimum atomic E-state index is 0.436. The molecule has 0 saturated carbocycles. The summed E-state index contributed by atoms with van der Waals surface area (Å²) >= 11 is 0. The third kappa shape index (κ3) is 3.61. The van der Waals surface area contributed by atoms with E-state index in [1.165, 1.54) is 0 Å². The molecule has 1 unspecified atom stereocenters. The molecule has 1 N–H and O–H groups in total. The fourth-order valence-corrected chi connectivity index (χ4v) is 1.58. The topological polar surface area (TPSA) is 21.3 Å². The third-order valence-electron chi connectivity index (χ3n) is 2.67. The molecule has 0 saturated heterocycles. The van der Waals surface area contributed by atoms with Gasteiger partial charge in [-0.3, -0.25) is 0 Å². The number of rotatable bonds is 6. The molecule has 1 atom stereocenters. The molecule has 1 aromatic carbocycles. The van der Waals surface area contributed by atoms with Crippen molar-refractivity contribution in [2.24, 2.45) is 5.92 Å². The summed E-state index contributed by atoms with van der Waals surface area (Å²) in [7, 11) is 1.68. The van der Waals surface area contributed by atoms with Gasteiger partial charge in [0.25, 0.3) is 0 Å². The zero-order chi connectivity index (χ0) is 12.0. The van der Waals surface area contributed by atoms with Gasteiger partial charge in [-0.1, -0.05) is 19.9 Å². The first kappa shape index (κ1) is 12.6. The molecule has 0 aliphatic rings. The zero-order valence-electron chi connectivity index (χ0n) is 10.4. The molecular formula is C14H21NO. The number of hydrogen-bond donors (Lipinski definition) is 1. The first-order chi connectivity index (χ1) is 7.67. The number of benzene rings is 1. The SMILES string of the molecule is C=CCC(Nc1ccc(OC)cc1)C(C)C. The van der Waals surface area contributed by atoms with E-state index < -0.39 is 0 Å². The number of anilines is 1. The van der Waals surface area contributed by atoms with Gasteiger partial charge in [-0.2, -0.15) is 0 Å². The van der Waals surface area contributed by atoms with E-state index in [-0.39, 0.29) is 0 Å². The van der Waals surface area contributed by atoms with Crippen molar-refractivity contribution in [1.29, 1.82) is 0 Å². The van der Waals surface area contributed by atoms with Gasteiger partial charge in [0, 0.05) is 11.7 Å². The van der Waals surface area contributed by atoms with Crippen LogP contribution in [-0.4, -0.2) is 13.2 Å². The van der Waals surface area contributed by atoms with Crippen LogP contribution in [0.2, 0.25) is 0 Å². The summed E-state index contributed by atoms with van der Waals surface area (Å²) in [6.45, 7) is 8.22. The molecule has 1 rings (SSSR count). The lowest BCUT2D eigenvalue weighted by Gasteiger charge is -2.22. The lowest BCUT2D eigenvalue weighted by atomic mass is 10.0. The number of ether oxygens (including phenoxy) is 1. The van der Waals surface area contributed by atoms with Gasteiger partial charge in [0.2, 0.25) is 0 Å². The van der Waals surface area contributed by atoms with Crippen LogP contribution in [0.4, 0.5) is 5.69 Å². The largest absolute Gasteiger partial charge is 0.497 e. The monoisotopic (exact) mass is 219 g/mol. The predicted octanol–water partition coefficient (Wildman–Crippen LogP) is 3.71. The summed E-state index contributed by atoms with van der Waals surface area (Å²) in [5.41, 5.74) is 1.13. The van der Waals surface area contributed by atoms with Crippen molar-refractivity contribution >= 4 is 5.69 Å². The lowest BCUT2D eigenvalue weighted by Crippen LogP contribution is -2.24. The van der Waals surface area contributed by atoms with Crippen molar-refractivity contribution in [3.05, 3.63) is 36.9 Å². The number of hydrogen-bond acceptors (Lipinski definition) is 2. The average Bonchev–Trinajstić information content (AvgIpc) is 2.29. The van der Waals surface area contributed by atoms with Crippen molar-refractivity contribution in [1.82, 2.24) is 0 Å². The lowest BCUT2D eigenvalue weighted by molar-refractivity contribution is 0.415. The maximum atomic E-state index is 5.13. The molecule has 0 aliphatic carbocycles. The van der Waals surface area contributed by atoms with Crippen molar-refractivity contribution in [3.8, 4) is 5.75 Å². The van der Waals surface area contributed by atoms with Crippen molar-refractivity contribution in [2.75, 3.05) is 12.4 Å². The van der Waals surface area contributed by atoms with Crippen LogP contribution in [0, 0.1) is 5.92 Å². The van der Waals surface area contributed by atoms with E-state index in [1.807, 2.05) is 30.3 Å². The van der Waals surface area contributed by atoms with Crippen LogP contribution in [0.5, 0.6) is 5.75 Å². The molecule has 2 nitrogen and oxygen atoms in total. The van der Waals surface area contributed by atoms with E-state index in [0.29, 0.717) is 12.0 Å². The zero-order valence-corrected chi connectivity index (χ0v) is 10.4. The Morgan fingerprint density at radius 1 is 1.31 bits per heavy atom. The molecule has 0 fully saturated rings. The summed E-state index contributed by atoms with van der Waals surface area (Å²) in [5, 5.41) is 3.50. The van der Waals surface area contributed by atoms with Crippen LogP contribution < -0.4 is 10.1 Å². The van der Waals surface area contributed by atoms with E-state index in [9.17, 15) is 0 Å². The maximum Gasteiger partial charge on any atom is 0.119 e. The molecule has 2 heteroatoms. The molecule has 0 radical (unpaired) electrons. The first-order valence-corrected chi connectivity index (χ1v) is 5.69. The molecule has 0 heterocycles. The van der Waals surface area contributed by atoms with Crippen molar-refractivity contribution in [3.63, 3.8) is 0 Å². The molecular weight excluding hydrogens is 198 g/mol. The highest BCUT2D eigenvalue weighted by Gasteiger charge is 2.10. The Kier molecular flexibility index (Phi) is 4.90. The molecule has 0 spiro atoms. The van der Waals surface area contributed by atoms with E-state index in [0.717, 1.165) is 17.9 Å². The molecule has 88 valence electrons. The van der Waals surface area contributed by atoms with Crippen LogP contribution in [0.1, 0.15) is 20.3 Å². The fraction of sp³-hybridized carbons (Fsp3) is 0.429. The summed E-state index contributed by atoms with van der Waals surface area (Å²) in [6, 6.07) is 8.45. The van der Waals surface area contributed by atoms with Gasteiger partial charge in [-0.05, 0) is 36.6 Å². The molecule has 0 aliphatic heterocycles. The van der Waals surface area contributed by atoms with E-state index in [4.69, 9.17) is 4.74 Å². The Balaban J connectivity index is 2.65.